The Bertz CT molecular complexity index is 363. The van der Waals surface area contributed by atoms with Crippen LogP contribution < -0.4 is 0 Å². The lowest BCUT2D eigenvalue weighted by molar-refractivity contribution is 0.122. The molecule has 112 valence electrons. The Hall–Kier alpha value is -0.970. The van der Waals surface area contributed by atoms with Crippen LogP contribution in [0.1, 0.15) is 25.0 Å². The van der Waals surface area contributed by atoms with E-state index in [1.807, 2.05) is 12.3 Å². The molecule has 1 aromatic heterocycles. The molecule has 2 heterocycles. The summed E-state index contributed by atoms with van der Waals surface area (Å²) < 4.78 is 0. The van der Waals surface area contributed by atoms with Crippen molar-refractivity contribution in [2.24, 2.45) is 0 Å². The van der Waals surface area contributed by atoms with Gasteiger partial charge in [0.25, 0.3) is 0 Å². The fourth-order valence-corrected chi connectivity index (χ4v) is 2.91. The number of likely N-dealkylation sites (tertiary alicyclic amines) is 1. The van der Waals surface area contributed by atoms with E-state index in [0.29, 0.717) is 12.6 Å². The number of hydrogen-bond acceptors (Lipinski definition) is 4. The molecular weight excluding hydrogens is 250 g/mol. The van der Waals surface area contributed by atoms with Crippen molar-refractivity contribution in [1.82, 2.24) is 14.8 Å². The summed E-state index contributed by atoms with van der Waals surface area (Å²) in [7, 11) is 2.18. The average molecular weight is 277 g/mol. The molecule has 4 heteroatoms. The number of aromatic nitrogens is 1. The minimum absolute atomic E-state index is 0.299. The Kier molecular flexibility index (Phi) is 6.43. The van der Waals surface area contributed by atoms with Crippen LogP contribution in [0.4, 0.5) is 0 Å². The topological polar surface area (TPSA) is 39.6 Å². The second kappa shape index (κ2) is 8.35. The summed E-state index contributed by atoms with van der Waals surface area (Å²) in [4.78, 5) is 9.34. The monoisotopic (exact) mass is 277 g/mol. The molecule has 1 aromatic rings. The average Bonchev–Trinajstić information content (AvgIpc) is 2.52. The van der Waals surface area contributed by atoms with E-state index in [9.17, 15) is 0 Å². The van der Waals surface area contributed by atoms with Gasteiger partial charge < -0.3 is 14.9 Å². The van der Waals surface area contributed by atoms with Gasteiger partial charge in [0.2, 0.25) is 0 Å². The SMILES string of the molecule is CN(CCCO)C1CCN(CCc2ccccn2)CC1. The van der Waals surface area contributed by atoms with Crippen molar-refractivity contribution in [1.29, 1.82) is 0 Å². The zero-order chi connectivity index (χ0) is 14.2. The zero-order valence-electron chi connectivity index (χ0n) is 12.5. The van der Waals surface area contributed by atoms with Gasteiger partial charge in [0, 0.05) is 44.0 Å². The van der Waals surface area contributed by atoms with Gasteiger partial charge in [-0.3, -0.25) is 4.98 Å². The molecule has 4 nitrogen and oxygen atoms in total. The quantitative estimate of drug-likeness (QED) is 0.818. The molecule has 2 rings (SSSR count). The number of aliphatic hydroxyl groups excluding tert-OH is 1. The Balaban J connectivity index is 1.66. The molecule has 1 aliphatic heterocycles. The number of pyridine rings is 1. The number of aliphatic hydroxyl groups is 1. The minimum atomic E-state index is 0.299. The van der Waals surface area contributed by atoms with Crippen molar-refractivity contribution in [3.63, 3.8) is 0 Å². The van der Waals surface area contributed by atoms with E-state index in [-0.39, 0.29) is 0 Å². The maximum atomic E-state index is 8.89. The molecule has 1 saturated heterocycles. The largest absolute Gasteiger partial charge is 0.396 e. The Morgan fingerprint density at radius 3 is 2.80 bits per heavy atom. The molecule has 0 saturated carbocycles. The van der Waals surface area contributed by atoms with Gasteiger partial charge >= 0.3 is 0 Å². The van der Waals surface area contributed by atoms with Crippen molar-refractivity contribution in [3.8, 4) is 0 Å². The molecule has 0 aliphatic carbocycles. The lowest BCUT2D eigenvalue weighted by Gasteiger charge is -2.36. The van der Waals surface area contributed by atoms with E-state index < -0.39 is 0 Å². The highest BCUT2D eigenvalue weighted by atomic mass is 16.3. The van der Waals surface area contributed by atoms with Crippen LogP contribution in [-0.4, -0.2) is 65.8 Å². The molecule has 20 heavy (non-hydrogen) atoms. The summed E-state index contributed by atoms with van der Waals surface area (Å²) in [5.41, 5.74) is 1.19. The van der Waals surface area contributed by atoms with Gasteiger partial charge in [-0.1, -0.05) is 6.07 Å². The summed E-state index contributed by atoms with van der Waals surface area (Å²) in [6.07, 6.45) is 6.29. The summed E-state index contributed by atoms with van der Waals surface area (Å²) in [5, 5.41) is 8.89. The van der Waals surface area contributed by atoms with Crippen LogP contribution in [0, 0.1) is 0 Å². The van der Waals surface area contributed by atoms with Gasteiger partial charge in [-0.2, -0.15) is 0 Å². The molecule has 0 aromatic carbocycles. The third-order valence-corrected chi connectivity index (χ3v) is 4.26. The Labute approximate surface area is 122 Å². The summed E-state index contributed by atoms with van der Waals surface area (Å²) in [6.45, 7) is 4.79. The lowest BCUT2D eigenvalue weighted by atomic mass is 10.0. The molecule has 1 fully saturated rings. The smallest absolute Gasteiger partial charge is 0.0443 e. The number of piperidine rings is 1. The van der Waals surface area contributed by atoms with E-state index in [4.69, 9.17) is 5.11 Å². The van der Waals surface area contributed by atoms with Crippen molar-refractivity contribution >= 4 is 0 Å². The summed E-state index contributed by atoms with van der Waals surface area (Å²) >= 11 is 0. The maximum Gasteiger partial charge on any atom is 0.0443 e. The number of rotatable bonds is 7. The highest BCUT2D eigenvalue weighted by Gasteiger charge is 2.21. The summed E-state index contributed by atoms with van der Waals surface area (Å²) in [5.74, 6) is 0. The highest BCUT2D eigenvalue weighted by molar-refractivity contribution is 5.03. The summed E-state index contributed by atoms with van der Waals surface area (Å²) in [6, 6.07) is 6.82. The van der Waals surface area contributed by atoms with Gasteiger partial charge in [-0.25, -0.2) is 0 Å². The predicted molar refractivity (Wildman–Crippen MR) is 81.7 cm³/mol. The van der Waals surface area contributed by atoms with E-state index in [1.165, 1.54) is 31.6 Å². The number of nitrogens with zero attached hydrogens (tertiary/aromatic N) is 3. The van der Waals surface area contributed by atoms with Crippen LogP contribution in [0.5, 0.6) is 0 Å². The molecule has 0 atom stereocenters. The first-order valence-corrected chi connectivity index (χ1v) is 7.73. The molecule has 1 aliphatic rings. The minimum Gasteiger partial charge on any atom is -0.396 e. The van der Waals surface area contributed by atoms with E-state index in [2.05, 4.69) is 34.0 Å². The molecule has 0 amide bonds. The third kappa shape index (κ3) is 4.85. The number of hydrogen-bond donors (Lipinski definition) is 1. The highest BCUT2D eigenvalue weighted by Crippen LogP contribution is 2.15. The van der Waals surface area contributed by atoms with Crippen LogP contribution in [0.15, 0.2) is 24.4 Å². The molecular formula is C16H27N3O. The van der Waals surface area contributed by atoms with Gasteiger partial charge in [0.1, 0.15) is 0 Å². The van der Waals surface area contributed by atoms with E-state index in [0.717, 1.165) is 25.9 Å². The van der Waals surface area contributed by atoms with Crippen LogP contribution in [-0.2, 0) is 6.42 Å². The molecule has 0 unspecified atom stereocenters. The molecule has 0 spiro atoms. The molecule has 1 N–H and O–H groups in total. The van der Waals surface area contributed by atoms with Crippen LogP contribution in [0.2, 0.25) is 0 Å². The van der Waals surface area contributed by atoms with Crippen molar-refractivity contribution in [2.45, 2.75) is 31.7 Å². The van der Waals surface area contributed by atoms with Gasteiger partial charge in [0.15, 0.2) is 0 Å². The van der Waals surface area contributed by atoms with Crippen LogP contribution >= 0.6 is 0 Å². The fraction of sp³-hybridized carbons (Fsp3) is 0.688. The molecule has 0 bridgehead atoms. The van der Waals surface area contributed by atoms with Crippen LogP contribution in [0.3, 0.4) is 0 Å². The third-order valence-electron chi connectivity index (χ3n) is 4.26. The van der Waals surface area contributed by atoms with Crippen molar-refractivity contribution in [2.75, 3.05) is 39.8 Å². The normalized spacial score (nSPS) is 17.8. The lowest BCUT2D eigenvalue weighted by Crippen LogP contribution is -2.44. The van der Waals surface area contributed by atoms with E-state index >= 15 is 0 Å². The van der Waals surface area contributed by atoms with Gasteiger partial charge in [-0.05, 0) is 51.5 Å². The first-order chi connectivity index (χ1) is 9.79. The van der Waals surface area contributed by atoms with Crippen LogP contribution in [0.25, 0.3) is 0 Å². The predicted octanol–water partition coefficient (Wildman–Crippen LogP) is 1.40. The van der Waals surface area contributed by atoms with Crippen molar-refractivity contribution < 1.29 is 5.11 Å². The van der Waals surface area contributed by atoms with Crippen molar-refractivity contribution in [3.05, 3.63) is 30.1 Å². The molecule has 0 radical (unpaired) electrons. The Morgan fingerprint density at radius 1 is 1.35 bits per heavy atom. The van der Waals surface area contributed by atoms with Gasteiger partial charge in [0.05, 0.1) is 0 Å². The maximum absolute atomic E-state index is 8.89. The first-order valence-electron chi connectivity index (χ1n) is 7.73. The Morgan fingerprint density at radius 2 is 2.15 bits per heavy atom. The standard InChI is InChI=1S/C16H27N3O/c1-18(10-4-14-20)16-7-12-19(13-8-16)11-6-15-5-2-3-9-17-15/h2-3,5,9,16,20H,4,6-8,10-14H2,1H3. The second-order valence-corrected chi connectivity index (χ2v) is 5.70. The van der Waals surface area contributed by atoms with Gasteiger partial charge in [-0.15, -0.1) is 0 Å². The second-order valence-electron chi connectivity index (χ2n) is 5.70. The van der Waals surface area contributed by atoms with E-state index in [1.54, 1.807) is 0 Å². The first kappa shape index (κ1) is 15.4. The zero-order valence-corrected chi connectivity index (χ0v) is 12.5. The fourth-order valence-electron chi connectivity index (χ4n) is 2.91.